The molecule has 1 heterocycles. The summed E-state index contributed by atoms with van der Waals surface area (Å²) in [7, 11) is 5.79. The maximum absolute atomic E-state index is 13.1. The van der Waals surface area contributed by atoms with Gasteiger partial charge in [-0.1, -0.05) is 17.4 Å². The lowest BCUT2D eigenvalue weighted by Gasteiger charge is -2.21. The number of amides is 1. The van der Waals surface area contributed by atoms with Crippen LogP contribution in [-0.2, 0) is 4.79 Å². The number of carbonyl (C=O) groups is 1. The molecule has 5 nitrogen and oxygen atoms in total. The minimum absolute atomic E-state index is 0.157. The van der Waals surface area contributed by atoms with Gasteiger partial charge in [0.1, 0.15) is 5.75 Å². The summed E-state index contributed by atoms with van der Waals surface area (Å²) in [5.41, 5.74) is 2.18. The van der Waals surface area contributed by atoms with Gasteiger partial charge >= 0.3 is 0 Å². The number of fused-ring (bicyclic) bond motifs is 1. The molecule has 0 aliphatic heterocycles. The van der Waals surface area contributed by atoms with Crippen molar-refractivity contribution in [1.82, 2.24) is 9.88 Å². The van der Waals surface area contributed by atoms with Crippen LogP contribution in [0.5, 0.6) is 5.75 Å². The summed E-state index contributed by atoms with van der Waals surface area (Å²) in [5.74, 6) is 1.92. The molecule has 2 aromatic carbocycles. The second-order valence-electron chi connectivity index (χ2n) is 7.80. The zero-order valence-corrected chi connectivity index (χ0v) is 20.4. The Morgan fingerprint density at radius 3 is 2.58 bits per heavy atom. The number of hydrogen-bond donors (Lipinski definition) is 0. The van der Waals surface area contributed by atoms with E-state index in [1.54, 1.807) is 30.2 Å². The topological polar surface area (TPSA) is 45.7 Å². The molecule has 0 atom stereocenters. The molecule has 1 aromatic heterocycles. The van der Waals surface area contributed by atoms with Crippen molar-refractivity contribution in [2.24, 2.45) is 0 Å². The van der Waals surface area contributed by atoms with Gasteiger partial charge in [-0.25, -0.2) is 4.98 Å². The quantitative estimate of drug-likeness (QED) is 0.282. The fourth-order valence-electron chi connectivity index (χ4n) is 3.23. The van der Waals surface area contributed by atoms with Gasteiger partial charge in [0, 0.05) is 17.9 Å². The third kappa shape index (κ3) is 6.95. The maximum Gasteiger partial charge on any atom is 0.228 e. The van der Waals surface area contributed by atoms with Crippen LogP contribution >= 0.6 is 23.1 Å². The molecule has 0 saturated heterocycles. The largest absolute Gasteiger partial charge is 0.497 e. The average molecular weight is 458 g/mol. The van der Waals surface area contributed by atoms with Crippen LogP contribution < -0.4 is 9.64 Å². The number of carbonyl (C=O) groups excluding carboxylic acids is 1. The Hall–Kier alpha value is -2.09. The van der Waals surface area contributed by atoms with Crippen molar-refractivity contribution < 1.29 is 9.53 Å². The van der Waals surface area contributed by atoms with E-state index >= 15 is 0 Å². The molecule has 3 aromatic rings. The number of thioether (sulfide) groups is 1. The molecule has 31 heavy (non-hydrogen) atoms. The molecule has 0 aliphatic rings. The van der Waals surface area contributed by atoms with Gasteiger partial charge in [0.2, 0.25) is 5.91 Å². The Morgan fingerprint density at radius 1 is 1.10 bits per heavy atom. The molecule has 0 fully saturated rings. The normalized spacial score (nSPS) is 11.3. The fourth-order valence-corrected chi connectivity index (χ4v) is 5.19. The molecule has 0 radical (unpaired) electrons. The van der Waals surface area contributed by atoms with Crippen molar-refractivity contribution in [1.29, 1.82) is 0 Å². The van der Waals surface area contributed by atoms with Crippen LogP contribution in [0.4, 0.5) is 5.13 Å². The number of anilines is 1. The first-order chi connectivity index (χ1) is 15.0. The lowest BCUT2D eigenvalue weighted by atomic mass is 10.2. The Balaban J connectivity index is 1.60. The van der Waals surface area contributed by atoms with Crippen molar-refractivity contribution in [2.45, 2.75) is 31.1 Å². The standard InChI is InChI=1S/C24H31N3O2S2/c1-18-8-13-21-22(17-18)31-24(25-21)27(15-6-14-26(2)3)23(28)7-5-16-30-20-11-9-19(29-4)10-12-20/h8-13,17H,5-7,14-16H2,1-4H3. The predicted octanol–water partition coefficient (Wildman–Crippen LogP) is 5.47. The molecule has 0 unspecified atom stereocenters. The number of benzene rings is 2. The van der Waals surface area contributed by atoms with Crippen molar-refractivity contribution in [3.05, 3.63) is 48.0 Å². The SMILES string of the molecule is COc1ccc(SCCCC(=O)N(CCCN(C)C)c2nc3ccc(C)cc3s2)cc1. The first-order valence-electron chi connectivity index (χ1n) is 10.6. The zero-order chi connectivity index (χ0) is 22.2. The molecule has 0 N–H and O–H groups in total. The monoisotopic (exact) mass is 457 g/mol. The van der Waals surface area contributed by atoms with Gasteiger partial charge in [-0.3, -0.25) is 9.69 Å². The van der Waals surface area contributed by atoms with Gasteiger partial charge in [-0.15, -0.1) is 11.8 Å². The Morgan fingerprint density at radius 2 is 1.87 bits per heavy atom. The summed E-state index contributed by atoms with van der Waals surface area (Å²) in [6.45, 7) is 3.72. The van der Waals surface area contributed by atoms with E-state index in [4.69, 9.17) is 9.72 Å². The fraction of sp³-hybridized carbons (Fsp3) is 0.417. The number of rotatable bonds is 11. The van der Waals surface area contributed by atoms with E-state index in [0.29, 0.717) is 13.0 Å². The van der Waals surface area contributed by atoms with Crippen LogP contribution in [0.1, 0.15) is 24.8 Å². The van der Waals surface area contributed by atoms with E-state index in [1.165, 1.54) is 10.5 Å². The van der Waals surface area contributed by atoms with Crippen molar-refractivity contribution in [2.75, 3.05) is 44.9 Å². The second-order valence-corrected chi connectivity index (χ2v) is 9.97. The lowest BCUT2D eigenvalue weighted by Crippen LogP contribution is -2.33. The van der Waals surface area contributed by atoms with E-state index < -0.39 is 0 Å². The highest BCUT2D eigenvalue weighted by Crippen LogP contribution is 2.30. The number of methoxy groups -OCH3 is 1. The Kier molecular flexibility index (Phi) is 8.75. The third-order valence-corrected chi connectivity index (χ3v) is 7.05. The van der Waals surface area contributed by atoms with Crippen LogP contribution in [0.15, 0.2) is 47.4 Å². The van der Waals surface area contributed by atoms with Crippen LogP contribution in [0.3, 0.4) is 0 Å². The van der Waals surface area contributed by atoms with Gasteiger partial charge in [-0.05, 0) is 88.1 Å². The van der Waals surface area contributed by atoms with Crippen LogP contribution in [0.25, 0.3) is 10.2 Å². The summed E-state index contributed by atoms with van der Waals surface area (Å²) < 4.78 is 6.34. The summed E-state index contributed by atoms with van der Waals surface area (Å²) >= 11 is 3.38. The highest BCUT2D eigenvalue weighted by Gasteiger charge is 2.19. The summed E-state index contributed by atoms with van der Waals surface area (Å²) in [6.07, 6.45) is 2.29. The molecule has 1 amide bonds. The molecular formula is C24H31N3O2S2. The number of aryl methyl sites for hydroxylation is 1. The lowest BCUT2D eigenvalue weighted by molar-refractivity contribution is -0.118. The minimum Gasteiger partial charge on any atom is -0.497 e. The van der Waals surface area contributed by atoms with Gasteiger partial charge in [0.25, 0.3) is 0 Å². The smallest absolute Gasteiger partial charge is 0.228 e. The zero-order valence-electron chi connectivity index (χ0n) is 18.8. The molecule has 0 aliphatic carbocycles. The highest BCUT2D eigenvalue weighted by atomic mass is 32.2. The number of nitrogens with zero attached hydrogens (tertiary/aromatic N) is 3. The van der Waals surface area contributed by atoms with E-state index in [-0.39, 0.29) is 5.91 Å². The van der Waals surface area contributed by atoms with E-state index in [1.807, 2.05) is 23.1 Å². The van der Waals surface area contributed by atoms with E-state index in [0.717, 1.165) is 46.2 Å². The molecule has 0 spiro atoms. The van der Waals surface area contributed by atoms with Crippen LogP contribution in [-0.4, -0.2) is 55.8 Å². The summed E-state index contributed by atoms with van der Waals surface area (Å²) in [6, 6.07) is 14.3. The summed E-state index contributed by atoms with van der Waals surface area (Å²) in [4.78, 5) is 23.1. The van der Waals surface area contributed by atoms with Gasteiger partial charge in [0.15, 0.2) is 5.13 Å². The van der Waals surface area contributed by atoms with E-state index in [9.17, 15) is 4.79 Å². The van der Waals surface area contributed by atoms with Crippen molar-refractivity contribution >= 4 is 44.4 Å². The van der Waals surface area contributed by atoms with Gasteiger partial charge < -0.3 is 9.64 Å². The molecule has 0 bridgehead atoms. The van der Waals surface area contributed by atoms with Gasteiger partial charge in [-0.2, -0.15) is 0 Å². The van der Waals surface area contributed by atoms with Crippen LogP contribution in [0.2, 0.25) is 0 Å². The molecule has 3 rings (SSSR count). The minimum atomic E-state index is 0.157. The molecular weight excluding hydrogens is 426 g/mol. The summed E-state index contributed by atoms with van der Waals surface area (Å²) in [5, 5.41) is 0.812. The van der Waals surface area contributed by atoms with Gasteiger partial charge in [0.05, 0.1) is 17.3 Å². The number of thiazole rings is 1. The first kappa shape index (κ1) is 23.6. The highest BCUT2D eigenvalue weighted by molar-refractivity contribution is 7.99. The van der Waals surface area contributed by atoms with Crippen LogP contribution in [0, 0.1) is 6.92 Å². The predicted molar refractivity (Wildman–Crippen MR) is 133 cm³/mol. The molecule has 166 valence electrons. The molecule has 0 saturated carbocycles. The first-order valence-corrected chi connectivity index (χ1v) is 12.4. The van der Waals surface area contributed by atoms with Crippen molar-refractivity contribution in [3.8, 4) is 5.75 Å². The number of hydrogen-bond acceptors (Lipinski definition) is 6. The Labute approximate surface area is 193 Å². The second kappa shape index (κ2) is 11.5. The Bertz CT molecular complexity index is 986. The maximum atomic E-state index is 13.1. The number of aromatic nitrogens is 1. The molecule has 7 heteroatoms. The third-order valence-electron chi connectivity index (χ3n) is 4.91. The average Bonchev–Trinajstić information content (AvgIpc) is 3.17. The number of ether oxygens (including phenoxy) is 1. The van der Waals surface area contributed by atoms with Crippen molar-refractivity contribution in [3.63, 3.8) is 0 Å². The van der Waals surface area contributed by atoms with E-state index in [2.05, 4.69) is 50.2 Å².